The van der Waals surface area contributed by atoms with E-state index in [2.05, 4.69) is 20.6 Å². The van der Waals surface area contributed by atoms with Gasteiger partial charge in [0.15, 0.2) is 0 Å². The average Bonchev–Trinajstić information content (AvgIpc) is 3.63. The largest absolute Gasteiger partial charge is 0.380 e. The van der Waals surface area contributed by atoms with Crippen LogP contribution in [0.5, 0.6) is 0 Å². The molecule has 0 bridgehead atoms. The summed E-state index contributed by atoms with van der Waals surface area (Å²) in [5.74, 6) is -0.340. The minimum Gasteiger partial charge on any atom is -0.380 e. The van der Waals surface area contributed by atoms with Crippen molar-refractivity contribution in [3.05, 3.63) is 57.5 Å². The number of fused-ring (bicyclic) bond motifs is 1. The highest BCUT2D eigenvalue weighted by Crippen LogP contribution is 2.44. The van der Waals surface area contributed by atoms with Crippen LogP contribution in [0.15, 0.2) is 29.2 Å². The highest BCUT2D eigenvalue weighted by molar-refractivity contribution is 5.96. The van der Waals surface area contributed by atoms with Gasteiger partial charge in [-0.3, -0.25) is 4.79 Å². The van der Waals surface area contributed by atoms with Gasteiger partial charge in [0.2, 0.25) is 0 Å². The molecule has 37 heavy (non-hydrogen) atoms. The van der Waals surface area contributed by atoms with Gasteiger partial charge in [-0.2, -0.15) is 0 Å². The summed E-state index contributed by atoms with van der Waals surface area (Å²) in [6.07, 6.45) is -0.352. The molecule has 1 aliphatic carbocycles. The molecule has 1 saturated heterocycles. The fraction of sp³-hybridized carbons (Fsp3) is 0.500. The minimum absolute atomic E-state index is 0.0502. The fourth-order valence-electron chi connectivity index (χ4n) is 4.72. The normalized spacial score (nSPS) is 18.5. The summed E-state index contributed by atoms with van der Waals surface area (Å²) >= 11 is 0. The molecule has 3 heterocycles. The number of benzene rings is 1. The molecule has 198 valence electrons. The Morgan fingerprint density at radius 3 is 2.49 bits per heavy atom. The van der Waals surface area contributed by atoms with Gasteiger partial charge in [-0.1, -0.05) is 25.1 Å². The average molecular weight is 520 g/mol. The van der Waals surface area contributed by atoms with Crippen molar-refractivity contribution < 1.29 is 22.3 Å². The van der Waals surface area contributed by atoms with Crippen molar-refractivity contribution in [1.29, 1.82) is 0 Å². The lowest BCUT2D eigenvalue weighted by Crippen LogP contribution is -2.46. The van der Waals surface area contributed by atoms with Crippen molar-refractivity contribution in [2.24, 2.45) is 5.41 Å². The van der Waals surface area contributed by atoms with E-state index >= 15 is 0 Å². The second-order valence-electron chi connectivity index (χ2n) is 10.5. The molecule has 3 aromatic rings. The number of aromatic nitrogens is 3. The maximum Gasteiger partial charge on any atom is 0.276 e. The van der Waals surface area contributed by atoms with Gasteiger partial charge in [-0.25, -0.2) is 27.5 Å². The standard InChI is InChI=1S/C26H29F4N5O2/c1-14(16-5-4-6-17(19(16)28)22(29)30)32-23-18-9-35(26(10-27)7-8-26)24(36)21(20(18)33-15(2)34-23)31-11-25(3)12-37-13-25/h4-6,9,14,22,31H,7-8,10-13H2,1-3H3,(H,32,33,34)/t14-/m1/s1. The van der Waals surface area contributed by atoms with E-state index in [-0.39, 0.29) is 22.2 Å². The summed E-state index contributed by atoms with van der Waals surface area (Å²) in [4.78, 5) is 22.6. The molecule has 2 aromatic heterocycles. The Balaban J connectivity index is 1.61. The van der Waals surface area contributed by atoms with Crippen LogP contribution >= 0.6 is 0 Å². The second-order valence-corrected chi connectivity index (χ2v) is 10.5. The van der Waals surface area contributed by atoms with Gasteiger partial charge in [-0.05, 0) is 26.7 Å². The van der Waals surface area contributed by atoms with Crippen molar-refractivity contribution >= 4 is 22.4 Å². The SMILES string of the molecule is Cc1nc(N[C@H](C)c2cccc(C(F)F)c2F)c2cn(C3(CF)CC3)c(=O)c(NCC3(C)COC3)c2n1. The minimum atomic E-state index is -2.95. The van der Waals surface area contributed by atoms with Crippen molar-refractivity contribution in [2.75, 3.05) is 37.1 Å². The van der Waals surface area contributed by atoms with E-state index in [0.717, 1.165) is 6.07 Å². The van der Waals surface area contributed by atoms with E-state index in [1.807, 2.05) is 6.92 Å². The molecule has 0 unspecified atom stereocenters. The number of nitrogens with zero attached hydrogens (tertiary/aromatic N) is 3. The first kappa shape index (κ1) is 25.4. The van der Waals surface area contributed by atoms with Crippen LogP contribution in [0, 0.1) is 18.2 Å². The highest BCUT2D eigenvalue weighted by Gasteiger charge is 2.46. The monoisotopic (exact) mass is 519 g/mol. The maximum atomic E-state index is 14.9. The fourth-order valence-corrected chi connectivity index (χ4v) is 4.72. The van der Waals surface area contributed by atoms with Gasteiger partial charge < -0.3 is 19.9 Å². The Morgan fingerprint density at radius 2 is 1.89 bits per heavy atom. The number of pyridine rings is 1. The van der Waals surface area contributed by atoms with E-state index in [9.17, 15) is 22.4 Å². The van der Waals surface area contributed by atoms with E-state index in [1.54, 1.807) is 20.0 Å². The molecular formula is C26H29F4N5O2. The Hall–Kier alpha value is -3.21. The lowest BCUT2D eigenvalue weighted by Gasteiger charge is -2.38. The van der Waals surface area contributed by atoms with Crippen LogP contribution in [-0.2, 0) is 10.3 Å². The van der Waals surface area contributed by atoms with E-state index in [0.29, 0.717) is 55.1 Å². The van der Waals surface area contributed by atoms with Crippen LogP contribution < -0.4 is 16.2 Å². The molecule has 11 heteroatoms. The van der Waals surface area contributed by atoms with Gasteiger partial charge in [0.05, 0.1) is 35.7 Å². The topological polar surface area (TPSA) is 81.1 Å². The van der Waals surface area contributed by atoms with E-state index in [1.165, 1.54) is 16.7 Å². The summed E-state index contributed by atoms with van der Waals surface area (Å²) in [6, 6.07) is 3.12. The Morgan fingerprint density at radius 1 is 1.19 bits per heavy atom. The third kappa shape index (κ3) is 4.54. The highest BCUT2D eigenvalue weighted by atomic mass is 19.3. The van der Waals surface area contributed by atoms with Gasteiger partial charge in [0.1, 0.15) is 35.3 Å². The van der Waals surface area contributed by atoms with Gasteiger partial charge >= 0.3 is 0 Å². The summed E-state index contributed by atoms with van der Waals surface area (Å²) in [5.41, 5.74) is -1.49. The molecule has 2 fully saturated rings. The zero-order chi connectivity index (χ0) is 26.5. The number of aryl methyl sites for hydroxylation is 1. The van der Waals surface area contributed by atoms with Crippen molar-refractivity contribution in [3.8, 4) is 0 Å². The Labute approximate surface area is 211 Å². The molecule has 5 rings (SSSR count). The number of anilines is 2. The molecule has 0 spiro atoms. The van der Waals surface area contributed by atoms with Crippen molar-refractivity contribution in [1.82, 2.24) is 14.5 Å². The lowest BCUT2D eigenvalue weighted by atomic mass is 9.88. The van der Waals surface area contributed by atoms with Crippen LogP contribution in [0.2, 0.25) is 0 Å². The molecule has 7 nitrogen and oxygen atoms in total. The maximum absolute atomic E-state index is 14.9. The molecule has 1 saturated carbocycles. The number of nitrogens with one attached hydrogen (secondary N) is 2. The first-order valence-electron chi connectivity index (χ1n) is 12.2. The number of hydrogen-bond donors (Lipinski definition) is 2. The summed E-state index contributed by atoms with van der Waals surface area (Å²) in [6.45, 7) is 6.19. The van der Waals surface area contributed by atoms with Gasteiger partial charge in [0.25, 0.3) is 12.0 Å². The van der Waals surface area contributed by atoms with Gasteiger partial charge in [-0.15, -0.1) is 0 Å². The molecule has 1 atom stereocenters. The van der Waals surface area contributed by atoms with Crippen LogP contribution in [0.1, 0.15) is 56.1 Å². The second kappa shape index (κ2) is 9.27. The van der Waals surface area contributed by atoms with E-state index < -0.39 is 36.1 Å². The first-order valence-corrected chi connectivity index (χ1v) is 12.2. The third-order valence-electron chi connectivity index (χ3n) is 7.28. The number of rotatable bonds is 9. The van der Waals surface area contributed by atoms with Crippen LogP contribution in [0.25, 0.3) is 10.9 Å². The zero-order valence-electron chi connectivity index (χ0n) is 20.9. The predicted molar refractivity (Wildman–Crippen MR) is 133 cm³/mol. The van der Waals surface area contributed by atoms with Crippen LogP contribution in [0.3, 0.4) is 0 Å². The molecule has 0 radical (unpaired) electrons. The zero-order valence-corrected chi connectivity index (χ0v) is 20.9. The number of halogens is 4. The van der Waals surface area contributed by atoms with E-state index in [4.69, 9.17) is 4.74 Å². The number of alkyl halides is 3. The molecule has 0 amide bonds. The molecule has 1 aromatic carbocycles. The van der Waals surface area contributed by atoms with Crippen molar-refractivity contribution in [2.45, 2.75) is 51.6 Å². The number of ether oxygens (including phenoxy) is 1. The Bertz CT molecular complexity index is 1400. The molecule has 2 aliphatic rings. The smallest absolute Gasteiger partial charge is 0.276 e. The van der Waals surface area contributed by atoms with Crippen LogP contribution in [0.4, 0.5) is 29.1 Å². The summed E-state index contributed by atoms with van der Waals surface area (Å²) in [5, 5.41) is 6.79. The molecular weight excluding hydrogens is 490 g/mol. The third-order valence-corrected chi connectivity index (χ3v) is 7.28. The molecule has 1 aliphatic heterocycles. The van der Waals surface area contributed by atoms with Crippen LogP contribution in [-0.4, -0.2) is 41.0 Å². The quantitative estimate of drug-likeness (QED) is 0.376. The van der Waals surface area contributed by atoms with Crippen molar-refractivity contribution in [3.63, 3.8) is 0 Å². The predicted octanol–water partition coefficient (Wildman–Crippen LogP) is 5.26. The summed E-state index contributed by atoms with van der Waals surface area (Å²) < 4.78 is 62.2. The molecule has 2 N–H and O–H groups in total. The van der Waals surface area contributed by atoms with Gasteiger partial charge in [0, 0.05) is 23.7 Å². The number of hydrogen-bond acceptors (Lipinski definition) is 6. The lowest BCUT2D eigenvalue weighted by molar-refractivity contribution is -0.0924. The summed E-state index contributed by atoms with van der Waals surface area (Å²) in [7, 11) is 0. The Kier molecular flexibility index (Phi) is 6.37. The first-order chi connectivity index (χ1) is 17.6.